The summed E-state index contributed by atoms with van der Waals surface area (Å²) in [5.74, 6) is -2.03. The summed E-state index contributed by atoms with van der Waals surface area (Å²) in [6, 6.07) is 0. The van der Waals surface area contributed by atoms with Crippen LogP contribution in [0.4, 0.5) is 0 Å². The van der Waals surface area contributed by atoms with E-state index >= 15 is 0 Å². The average Bonchev–Trinajstić information content (AvgIpc) is 3.18. The highest BCUT2D eigenvalue weighted by Crippen LogP contribution is 2.24. The van der Waals surface area contributed by atoms with Crippen molar-refractivity contribution in [3.05, 3.63) is 42.2 Å². The van der Waals surface area contributed by atoms with E-state index in [1.165, 1.54) is 51.4 Å². The minimum absolute atomic E-state index is 0.143. The molecule has 1 fully saturated rings. The zero-order chi connectivity index (χ0) is 42.7. The van der Waals surface area contributed by atoms with E-state index in [9.17, 15) is 37.9 Å². The molecule has 13 heteroatoms. The number of aliphatic hydroxyl groups is 3. The van der Waals surface area contributed by atoms with E-state index in [1.807, 2.05) is 0 Å². The van der Waals surface area contributed by atoms with Crippen LogP contribution in [0.2, 0.25) is 0 Å². The van der Waals surface area contributed by atoms with E-state index in [4.69, 9.17) is 18.9 Å². The van der Waals surface area contributed by atoms with Crippen LogP contribution < -0.4 is 0 Å². The van der Waals surface area contributed by atoms with Crippen molar-refractivity contribution in [2.24, 2.45) is 0 Å². The van der Waals surface area contributed by atoms with Crippen LogP contribution >= 0.6 is 0 Å². The molecule has 0 aromatic carbocycles. The Morgan fingerprint density at radius 3 is 1.72 bits per heavy atom. The average molecular weight is 843 g/mol. The number of aliphatic hydroxyl groups excluding tert-OH is 3. The molecule has 0 radical (unpaired) electrons. The number of hydrogen-bond acceptors (Lipinski definition) is 11. The summed E-state index contributed by atoms with van der Waals surface area (Å²) in [5, 5.41) is 30.8. The monoisotopic (exact) mass is 843 g/mol. The highest BCUT2D eigenvalue weighted by atomic mass is 32.2. The molecule has 0 bridgehead atoms. The Bertz CT molecular complexity index is 1280. The maximum Gasteiger partial charge on any atom is 0.306 e. The molecule has 336 valence electrons. The number of unbranched alkanes of at least 4 members (excludes halogenated alkanes) is 18. The van der Waals surface area contributed by atoms with Gasteiger partial charge in [-0.2, -0.15) is 8.42 Å². The summed E-state index contributed by atoms with van der Waals surface area (Å²) >= 11 is 0. The van der Waals surface area contributed by atoms with Crippen LogP contribution in [0.15, 0.2) is 42.2 Å². The first-order valence-electron chi connectivity index (χ1n) is 22.3. The first-order chi connectivity index (χ1) is 28.0. The van der Waals surface area contributed by atoms with Crippen molar-refractivity contribution in [2.45, 2.75) is 211 Å². The van der Waals surface area contributed by atoms with Gasteiger partial charge in [-0.05, 0) is 82.8 Å². The molecule has 6 atom stereocenters. The highest BCUT2D eigenvalue weighted by Gasteiger charge is 2.46. The van der Waals surface area contributed by atoms with Crippen LogP contribution in [0, 0.1) is 0 Å². The van der Waals surface area contributed by atoms with Gasteiger partial charge in [0.2, 0.25) is 0 Å². The summed E-state index contributed by atoms with van der Waals surface area (Å²) in [6.07, 6.45) is 28.2. The number of carbonyl (C=O) groups is 2. The fourth-order valence-electron chi connectivity index (χ4n) is 6.45. The molecule has 0 amide bonds. The maximum atomic E-state index is 12.8. The van der Waals surface area contributed by atoms with E-state index in [0.717, 1.165) is 83.5 Å². The van der Waals surface area contributed by atoms with Gasteiger partial charge in [0.25, 0.3) is 10.1 Å². The molecule has 0 aromatic rings. The molecule has 1 heterocycles. The number of allylic oxidation sites excluding steroid dienone is 5. The molecule has 1 rings (SSSR count). The van der Waals surface area contributed by atoms with Gasteiger partial charge in [0.05, 0.1) is 6.61 Å². The molecule has 4 N–H and O–H groups in total. The minimum atomic E-state index is -4.61. The molecule has 1 aliphatic heterocycles. The Kier molecular flexibility index (Phi) is 32.8. The second kappa shape index (κ2) is 35.4. The Balaban J connectivity index is 2.49. The first kappa shape index (κ1) is 53.7. The van der Waals surface area contributed by atoms with Crippen molar-refractivity contribution < 1.29 is 56.8 Å². The Morgan fingerprint density at radius 1 is 0.638 bits per heavy atom. The molecule has 2 unspecified atom stereocenters. The lowest BCUT2D eigenvalue weighted by Crippen LogP contribution is -2.60. The van der Waals surface area contributed by atoms with E-state index < -0.39 is 71.2 Å². The Hall–Kier alpha value is -2.35. The minimum Gasteiger partial charge on any atom is -0.462 e. The third kappa shape index (κ3) is 29.8. The normalized spacial score (nSPS) is 20.3. The SMILES string of the molecule is CCCCC/C=C/C/C=C/CCCCCCCC(=O)O[C@H](COC(=O)CCCCCCCC=C=CCCCCCCC)CO[C@H]1O[C@H](CS(=O)(=O)O)[C@@H](O)C(O)C1O. The molecular formula is C45H78O12S. The molecule has 12 nitrogen and oxygen atoms in total. The molecule has 0 aromatic heterocycles. The third-order valence-electron chi connectivity index (χ3n) is 9.97. The van der Waals surface area contributed by atoms with E-state index in [0.29, 0.717) is 12.8 Å². The van der Waals surface area contributed by atoms with Gasteiger partial charge in [-0.15, -0.1) is 5.73 Å². The quantitative estimate of drug-likeness (QED) is 0.0155. The summed E-state index contributed by atoms with van der Waals surface area (Å²) in [5.41, 5.74) is 3.28. The van der Waals surface area contributed by atoms with Crippen LogP contribution in [0.3, 0.4) is 0 Å². The molecule has 0 spiro atoms. The van der Waals surface area contributed by atoms with Crippen molar-refractivity contribution in [1.82, 2.24) is 0 Å². The van der Waals surface area contributed by atoms with E-state index in [-0.39, 0.29) is 19.4 Å². The van der Waals surface area contributed by atoms with Gasteiger partial charge in [0.1, 0.15) is 36.8 Å². The van der Waals surface area contributed by atoms with Crippen LogP contribution in [-0.4, -0.2) is 96.0 Å². The van der Waals surface area contributed by atoms with E-state index in [1.54, 1.807) is 0 Å². The zero-order valence-corrected chi connectivity index (χ0v) is 36.5. The third-order valence-corrected chi connectivity index (χ3v) is 10.7. The summed E-state index contributed by atoms with van der Waals surface area (Å²) in [6.45, 7) is 3.68. The number of hydrogen-bond donors (Lipinski definition) is 4. The van der Waals surface area contributed by atoms with Crippen LogP contribution in [0.5, 0.6) is 0 Å². The molecule has 58 heavy (non-hydrogen) atoms. The van der Waals surface area contributed by atoms with Crippen molar-refractivity contribution in [3.63, 3.8) is 0 Å². The van der Waals surface area contributed by atoms with Gasteiger partial charge in [-0.1, -0.05) is 115 Å². The smallest absolute Gasteiger partial charge is 0.306 e. The second-order valence-corrected chi connectivity index (χ2v) is 17.0. The largest absolute Gasteiger partial charge is 0.462 e. The van der Waals surface area contributed by atoms with Gasteiger partial charge in [-0.25, -0.2) is 0 Å². The maximum absolute atomic E-state index is 12.8. The number of ether oxygens (including phenoxy) is 4. The fraction of sp³-hybridized carbons (Fsp3) is 0.800. The van der Waals surface area contributed by atoms with Gasteiger partial charge < -0.3 is 34.3 Å². The second-order valence-electron chi connectivity index (χ2n) is 15.5. The molecular weight excluding hydrogens is 765 g/mol. The summed E-state index contributed by atoms with van der Waals surface area (Å²) < 4.78 is 54.0. The number of esters is 2. The molecule has 0 aliphatic carbocycles. The van der Waals surface area contributed by atoms with Crippen LogP contribution in [-0.2, 0) is 38.7 Å². The number of carbonyl (C=O) groups excluding carboxylic acids is 2. The van der Waals surface area contributed by atoms with Crippen LogP contribution in [0.1, 0.15) is 174 Å². The zero-order valence-electron chi connectivity index (χ0n) is 35.7. The first-order valence-corrected chi connectivity index (χ1v) is 23.9. The standard InChI is InChI=1S/C45H78O12S/c1-3-5-7-9-11-13-15-17-19-21-23-25-27-29-31-33-40(46)54-35-38(36-55-45-44(50)43(49)42(48)39(57-45)37-58(51,52)53)56-41(47)34-32-30-28-26-24-22-20-18-16-14-12-10-8-6-4-2/h12,14-15,18-20,38-39,42-45,48-50H,3-11,13,16,21-37H2,1-2H3,(H,51,52,53)/b14-12+,20-18+/t17?,38-,39-,42-,43?,44?,45+/m1/s1. The van der Waals surface area contributed by atoms with Crippen LogP contribution in [0.25, 0.3) is 0 Å². The highest BCUT2D eigenvalue weighted by molar-refractivity contribution is 7.85. The Labute approximate surface area is 350 Å². The van der Waals surface area contributed by atoms with Gasteiger partial charge >= 0.3 is 11.9 Å². The molecule has 1 aliphatic rings. The predicted molar refractivity (Wildman–Crippen MR) is 228 cm³/mol. The van der Waals surface area contributed by atoms with E-state index in [2.05, 4.69) is 56.0 Å². The van der Waals surface area contributed by atoms with Crippen molar-refractivity contribution in [2.75, 3.05) is 19.0 Å². The topological polar surface area (TPSA) is 186 Å². The lowest BCUT2D eigenvalue weighted by atomic mass is 10.00. The van der Waals surface area contributed by atoms with Crippen molar-refractivity contribution in [1.29, 1.82) is 0 Å². The summed E-state index contributed by atoms with van der Waals surface area (Å²) in [7, 11) is -4.61. The molecule has 1 saturated heterocycles. The predicted octanol–water partition coefficient (Wildman–Crippen LogP) is 8.77. The van der Waals surface area contributed by atoms with Gasteiger partial charge in [0, 0.05) is 12.8 Å². The fourth-order valence-corrected chi connectivity index (χ4v) is 7.14. The Morgan fingerprint density at radius 2 is 1.14 bits per heavy atom. The molecule has 0 saturated carbocycles. The van der Waals surface area contributed by atoms with Crippen molar-refractivity contribution >= 4 is 22.1 Å². The lowest BCUT2D eigenvalue weighted by molar-refractivity contribution is -0.297. The summed E-state index contributed by atoms with van der Waals surface area (Å²) in [4.78, 5) is 25.4. The number of rotatable bonds is 36. The van der Waals surface area contributed by atoms with Gasteiger partial charge in [0.15, 0.2) is 12.4 Å². The van der Waals surface area contributed by atoms with Crippen molar-refractivity contribution in [3.8, 4) is 0 Å². The lowest BCUT2D eigenvalue weighted by Gasteiger charge is -2.40. The van der Waals surface area contributed by atoms with Gasteiger partial charge in [-0.3, -0.25) is 14.1 Å².